The van der Waals surface area contributed by atoms with Crippen molar-refractivity contribution in [3.8, 4) is 22.7 Å². The van der Waals surface area contributed by atoms with Gasteiger partial charge in [-0.25, -0.2) is 4.68 Å². The van der Waals surface area contributed by atoms with Crippen LogP contribution in [0.4, 0.5) is 11.4 Å². The van der Waals surface area contributed by atoms with Crippen LogP contribution in [0, 0.1) is 0 Å². The summed E-state index contributed by atoms with van der Waals surface area (Å²) in [4.78, 5) is 28.3. The number of para-hydroxylation sites is 1. The fourth-order valence-corrected chi connectivity index (χ4v) is 3.46. The summed E-state index contributed by atoms with van der Waals surface area (Å²) in [6, 6.07) is 18.6. The van der Waals surface area contributed by atoms with Gasteiger partial charge < -0.3 is 15.4 Å². The van der Waals surface area contributed by atoms with Crippen molar-refractivity contribution in [1.29, 1.82) is 0 Å². The second-order valence-electron chi connectivity index (χ2n) is 7.33. The van der Waals surface area contributed by atoms with Gasteiger partial charge in [-0.15, -0.1) is 0 Å². The number of nitrogens with zero attached hydrogens (tertiary/aromatic N) is 3. The van der Waals surface area contributed by atoms with Crippen LogP contribution in [-0.4, -0.2) is 33.2 Å². The molecule has 4 aromatic rings. The third-order valence-corrected chi connectivity index (χ3v) is 4.99. The Morgan fingerprint density at radius 2 is 2.00 bits per heavy atom. The molecule has 0 unspecified atom stereocenters. The number of benzene rings is 2. The molecule has 0 atom stereocenters. The summed E-state index contributed by atoms with van der Waals surface area (Å²) < 4.78 is 7.11. The third-order valence-electron chi connectivity index (χ3n) is 4.99. The van der Waals surface area contributed by atoms with E-state index in [2.05, 4.69) is 15.6 Å². The minimum absolute atomic E-state index is 0.0165. The molecule has 8 heteroatoms. The quantitative estimate of drug-likeness (QED) is 0.461. The van der Waals surface area contributed by atoms with E-state index in [9.17, 15) is 9.59 Å². The summed E-state index contributed by atoms with van der Waals surface area (Å²) in [6.07, 6.45) is 8.46. The number of nitrogens with one attached hydrogen (secondary N) is 2. The number of amides is 2. The van der Waals surface area contributed by atoms with Crippen molar-refractivity contribution in [3.63, 3.8) is 0 Å². The van der Waals surface area contributed by atoms with Crippen molar-refractivity contribution in [2.75, 3.05) is 17.2 Å². The molecule has 0 spiro atoms. The Bertz CT molecular complexity index is 1350. The van der Waals surface area contributed by atoms with Gasteiger partial charge >= 0.3 is 0 Å². The Morgan fingerprint density at radius 1 is 1.12 bits per heavy atom. The van der Waals surface area contributed by atoms with Crippen LogP contribution in [0.25, 0.3) is 23.0 Å². The molecule has 0 saturated carbocycles. The lowest BCUT2D eigenvalue weighted by molar-refractivity contribution is -0.118. The molecule has 33 heavy (non-hydrogen) atoms. The molecule has 3 heterocycles. The first-order chi connectivity index (χ1) is 16.2. The van der Waals surface area contributed by atoms with E-state index >= 15 is 0 Å². The molecule has 2 aromatic carbocycles. The SMILES string of the molecule is O=C(/C=C/c1cn(-c2ccccc2)nc1-c1cccnc1)Nc1ccc2c(c1)NC(=O)CO2. The summed E-state index contributed by atoms with van der Waals surface area (Å²) >= 11 is 0. The van der Waals surface area contributed by atoms with Crippen LogP contribution in [0.3, 0.4) is 0 Å². The fourth-order valence-electron chi connectivity index (χ4n) is 3.46. The number of aromatic nitrogens is 3. The zero-order valence-electron chi connectivity index (χ0n) is 17.4. The van der Waals surface area contributed by atoms with Gasteiger partial charge in [0.05, 0.1) is 11.4 Å². The Kier molecular flexibility index (Phi) is 5.38. The van der Waals surface area contributed by atoms with E-state index in [1.165, 1.54) is 6.08 Å². The zero-order valence-corrected chi connectivity index (χ0v) is 17.4. The van der Waals surface area contributed by atoms with E-state index in [1.807, 2.05) is 48.7 Å². The molecule has 2 N–H and O–H groups in total. The maximum atomic E-state index is 12.6. The molecule has 1 aliphatic heterocycles. The molecule has 0 radical (unpaired) electrons. The van der Waals surface area contributed by atoms with E-state index in [1.54, 1.807) is 41.4 Å². The van der Waals surface area contributed by atoms with E-state index in [0.29, 0.717) is 22.8 Å². The first-order valence-corrected chi connectivity index (χ1v) is 10.3. The van der Waals surface area contributed by atoms with Crippen LogP contribution < -0.4 is 15.4 Å². The van der Waals surface area contributed by atoms with Gasteiger partial charge in [-0.3, -0.25) is 14.6 Å². The van der Waals surface area contributed by atoms with Crippen LogP contribution in [0.5, 0.6) is 5.75 Å². The average Bonchev–Trinajstić information content (AvgIpc) is 3.28. The summed E-state index contributed by atoms with van der Waals surface area (Å²) in [5.41, 5.74) is 4.30. The van der Waals surface area contributed by atoms with Crippen LogP contribution in [-0.2, 0) is 9.59 Å². The Labute approximate surface area is 189 Å². The van der Waals surface area contributed by atoms with E-state index < -0.39 is 0 Å². The maximum absolute atomic E-state index is 12.6. The largest absolute Gasteiger partial charge is 0.482 e. The first-order valence-electron chi connectivity index (χ1n) is 10.3. The van der Waals surface area contributed by atoms with Gasteiger partial charge in [0.25, 0.3) is 5.91 Å². The summed E-state index contributed by atoms with van der Waals surface area (Å²) in [5, 5.41) is 10.2. The van der Waals surface area contributed by atoms with E-state index in [0.717, 1.165) is 16.8 Å². The van der Waals surface area contributed by atoms with Gasteiger partial charge in [-0.1, -0.05) is 18.2 Å². The molecule has 0 fully saturated rings. The molecular formula is C25H19N5O3. The van der Waals surface area contributed by atoms with Gasteiger partial charge in [0.15, 0.2) is 6.61 Å². The predicted molar refractivity (Wildman–Crippen MR) is 125 cm³/mol. The maximum Gasteiger partial charge on any atom is 0.262 e. The van der Waals surface area contributed by atoms with Crippen molar-refractivity contribution in [1.82, 2.24) is 14.8 Å². The second-order valence-corrected chi connectivity index (χ2v) is 7.33. The summed E-state index contributed by atoms with van der Waals surface area (Å²) in [7, 11) is 0. The molecule has 8 nitrogen and oxygen atoms in total. The summed E-state index contributed by atoms with van der Waals surface area (Å²) in [5.74, 6) is 0.0180. The van der Waals surface area contributed by atoms with Crippen molar-refractivity contribution in [2.24, 2.45) is 0 Å². The topological polar surface area (TPSA) is 98.1 Å². The Hall–Kier alpha value is -4.72. The molecule has 0 bridgehead atoms. The number of rotatable bonds is 5. The monoisotopic (exact) mass is 437 g/mol. The lowest BCUT2D eigenvalue weighted by Crippen LogP contribution is -2.25. The zero-order chi connectivity index (χ0) is 22.6. The number of hydrogen-bond donors (Lipinski definition) is 2. The van der Waals surface area contributed by atoms with Crippen molar-refractivity contribution in [3.05, 3.63) is 90.9 Å². The lowest BCUT2D eigenvalue weighted by atomic mass is 10.1. The minimum atomic E-state index is -0.317. The highest BCUT2D eigenvalue weighted by molar-refractivity contribution is 6.03. The Morgan fingerprint density at radius 3 is 2.82 bits per heavy atom. The van der Waals surface area contributed by atoms with Crippen LogP contribution in [0.2, 0.25) is 0 Å². The lowest BCUT2D eigenvalue weighted by Gasteiger charge is -2.18. The first kappa shape index (κ1) is 20.2. The number of pyridine rings is 1. The van der Waals surface area contributed by atoms with Crippen LogP contribution in [0.1, 0.15) is 5.56 Å². The Balaban J connectivity index is 1.39. The molecule has 1 aliphatic rings. The van der Waals surface area contributed by atoms with E-state index in [-0.39, 0.29) is 18.4 Å². The van der Waals surface area contributed by atoms with Crippen molar-refractivity contribution < 1.29 is 14.3 Å². The molecule has 2 aromatic heterocycles. The predicted octanol–water partition coefficient (Wildman–Crippen LogP) is 3.92. The minimum Gasteiger partial charge on any atom is -0.482 e. The van der Waals surface area contributed by atoms with Gasteiger partial charge in [-0.2, -0.15) is 5.10 Å². The number of hydrogen-bond acceptors (Lipinski definition) is 5. The highest BCUT2D eigenvalue weighted by Gasteiger charge is 2.16. The number of carbonyl (C=O) groups is 2. The smallest absolute Gasteiger partial charge is 0.262 e. The van der Waals surface area contributed by atoms with Crippen molar-refractivity contribution >= 4 is 29.3 Å². The van der Waals surface area contributed by atoms with Gasteiger partial charge in [0.1, 0.15) is 11.4 Å². The number of anilines is 2. The standard InChI is InChI=1S/C25H19N5O3/c31-23(27-19-9-10-22-21(13-19)28-24(32)16-33-22)11-8-18-15-30(20-6-2-1-3-7-20)29-25(18)17-5-4-12-26-14-17/h1-15H,16H2,(H,27,31)(H,28,32)/b11-8+. The molecule has 0 saturated heterocycles. The van der Waals surface area contributed by atoms with E-state index in [4.69, 9.17) is 9.84 Å². The third kappa shape index (κ3) is 4.49. The average molecular weight is 437 g/mol. The normalized spacial score (nSPS) is 12.7. The summed E-state index contributed by atoms with van der Waals surface area (Å²) in [6.45, 7) is -0.0165. The molecule has 0 aliphatic carbocycles. The molecule has 162 valence electrons. The molecule has 2 amide bonds. The van der Waals surface area contributed by atoms with Gasteiger partial charge in [0.2, 0.25) is 5.91 Å². The second kappa shape index (κ2) is 8.80. The number of ether oxygens (including phenoxy) is 1. The van der Waals surface area contributed by atoms with Crippen LogP contribution in [0.15, 0.2) is 85.3 Å². The van der Waals surface area contributed by atoms with Gasteiger partial charge in [-0.05, 0) is 48.5 Å². The molecule has 5 rings (SSSR count). The number of carbonyl (C=O) groups excluding carboxylic acids is 2. The van der Waals surface area contributed by atoms with Crippen molar-refractivity contribution in [2.45, 2.75) is 0 Å². The highest BCUT2D eigenvalue weighted by Crippen LogP contribution is 2.30. The van der Waals surface area contributed by atoms with Crippen LogP contribution >= 0.6 is 0 Å². The number of fused-ring (bicyclic) bond motifs is 1. The fraction of sp³-hybridized carbons (Fsp3) is 0.0400. The van der Waals surface area contributed by atoms with Gasteiger partial charge in [0, 0.05) is 41.5 Å². The molecular weight excluding hydrogens is 418 g/mol. The highest BCUT2D eigenvalue weighted by atomic mass is 16.5.